The van der Waals surface area contributed by atoms with Gasteiger partial charge in [0.25, 0.3) is 0 Å². The van der Waals surface area contributed by atoms with Crippen LogP contribution in [0.1, 0.15) is 37.8 Å². The van der Waals surface area contributed by atoms with Gasteiger partial charge in [0, 0.05) is 17.0 Å². The maximum atomic E-state index is 6.26. The number of ether oxygens (including phenoxy) is 1. The van der Waals surface area contributed by atoms with Gasteiger partial charge in [-0.05, 0) is 55.0 Å². The summed E-state index contributed by atoms with van der Waals surface area (Å²) in [6.45, 7) is 6.54. The molecule has 1 aromatic carbocycles. The summed E-state index contributed by atoms with van der Waals surface area (Å²) in [5, 5.41) is 4.57. The molecule has 0 spiro atoms. The van der Waals surface area contributed by atoms with Gasteiger partial charge >= 0.3 is 0 Å². The molecule has 0 saturated carbocycles. The predicted molar refractivity (Wildman–Crippen MR) is 79.2 cm³/mol. The number of rotatable bonds is 3. The van der Waals surface area contributed by atoms with Crippen molar-refractivity contribution in [3.05, 3.63) is 28.3 Å². The molecule has 2 aliphatic rings. The molecule has 1 saturated heterocycles. The normalized spacial score (nSPS) is 25.7. The van der Waals surface area contributed by atoms with E-state index in [9.17, 15) is 0 Å². The number of benzene rings is 1. The molecule has 2 heterocycles. The lowest BCUT2D eigenvalue weighted by molar-refractivity contribution is 0.264. The van der Waals surface area contributed by atoms with Crippen molar-refractivity contribution >= 4 is 11.6 Å². The fourth-order valence-electron chi connectivity index (χ4n) is 3.49. The van der Waals surface area contributed by atoms with Crippen LogP contribution < -0.4 is 10.1 Å². The molecule has 1 unspecified atom stereocenters. The van der Waals surface area contributed by atoms with Crippen molar-refractivity contribution in [3.8, 4) is 5.75 Å². The first-order valence-electron chi connectivity index (χ1n) is 7.30. The van der Waals surface area contributed by atoms with E-state index < -0.39 is 0 Å². The summed E-state index contributed by atoms with van der Waals surface area (Å²) >= 11 is 6.26. The molecule has 1 atom stereocenters. The van der Waals surface area contributed by atoms with E-state index in [4.69, 9.17) is 16.3 Å². The second-order valence-electron chi connectivity index (χ2n) is 6.17. The van der Waals surface area contributed by atoms with Crippen LogP contribution >= 0.6 is 11.6 Å². The molecule has 0 aromatic heterocycles. The second-order valence-corrected chi connectivity index (χ2v) is 6.61. The summed E-state index contributed by atoms with van der Waals surface area (Å²) in [5.74, 6) is 1.71. The van der Waals surface area contributed by atoms with Crippen LogP contribution in [0, 0.1) is 5.92 Å². The van der Waals surface area contributed by atoms with Crippen molar-refractivity contribution in [1.29, 1.82) is 0 Å². The van der Waals surface area contributed by atoms with Crippen molar-refractivity contribution in [2.75, 3.05) is 13.2 Å². The Labute approximate surface area is 120 Å². The molecule has 2 aliphatic heterocycles. The Morgan fingerprint density at radius 1 is 1.42 bits per heavy atom. The van der Waals surface area contributed by atoms with Crippen molar-refractivity contribution in [1.82, 2.24) is 5.32 Å². The van der Waals surface area contributed by atoms with E-state index in [0.717, 1.165) is 36.8 Å². The van der Waals surface area contributed by atoms with Crippen LogP contribution in [0.15, 0.2) is 12.1 Å². The van der Waals surface area contributed by atoms with Gasteiger partial charge in [0.05, 0.1) is 6.61 Å². The molecule has 0 bridgehead atoms. The highest BCUT2D eigenvalue weighted by molar-refractivity contribution is 6.30. The van der Waals surface area contributed by atoms with E-state index in [-0.39, 0.29) is 5.54 Å². The minimum Gasteiger partial charge on any atom is -0.493 e. The lowest BCUT2D eigenvalue weighted by atomic mass is 9.79. The molecule has 19 heavy (non-hydrogen) atoms. The van der Waals surface area contributed by atoms with Crippen LogP contribution in [0.4, 0.5) is 0 Å². The molecule has 104 valence electrons. The highest BCUT2D eigenvalue weighted by atomic mass is 35.5. The molecule has 1 aromatic rings. The topological polar surface area (TPSA) is 21.3 Å². The monoisotopic (exact) mass is 279 g/mol. The summed E-state index contributed by atoms with van der Waals surface area (Å²) in [5.41, 5.74) is 2.77. The zero-order chi connectivity index (χ0) is 13.5. The zero-order valence-corrected chi connectivity index (χ0v) is 12.5. The third-order valence-electron chi connectivity index (χ3n) is 4.71. The molecule has 0 radical (unpaired) electrons. The van der Waals surface area contributed by atoms with Gasteiger partial charge in [-0.1, -0.05) is 25.4 Å². The molecule has 3 rings (SSSR count). The molecule has 3 heteroatoms. The van der Waals surface area contributed by atoms with E-state index in [1.807, 2.05) is 0 Å². The van der Waals surface area contributed by atoms with E-state index in [1.54, 1.807) is 0 Å². The summed E-state index contributed by atoms with van der Waals surface area (Å²) in [6, 6.07) is 4.15. The summed E-state index contributed by atoms with van der Waals surface area (Å²) < 4.78 is 5.83. The minimum absolute atomic E-state index is 0.213. The Hall–Kier alpha value is -0.730. The molecular weight excluding hydrogens is 258 g/mol. The summed E-state index contributed by atoms with van der Waals surface area (Å²) in [4.78, 5) is 0. The Morgan fingerprint density at radius 3 is 2.95 bits per heavy atom. The van der Waals surface area contributed by atoms with Crippen molar-refractivity contribution in [2.45, 2.75) is 45.1 Å². The Balaban J connectivity index is 1.95. The minimum atomic E-state index is 0.213. The van der Waals surface area contributed by atoms with Gasteiger partial charge in [0.1, 0.15) is 5.75 Å². The van der Waals surface area contributed by atoms with Crippen molar-refractivity contribution < 1.29 is 4.74 Å². The van der Waals surface area contributed by atoms with E-state index in [1.165, 1.54) is 24.0 Å². The third kappa shape index (κ3) is 2.36. The molecule has 1 fully saturated rings. The quantitative estimate of drug-likeness (QED) is 0.913. The Morgan fingerprint density at radius 2 is 2.26 bits per heavy atom. The first-order valence-corrected chi connectivity index (χ1v) is 7.68. The number of nitrogens with one attached hydrogen (secondary N) is 1. The fraction of sp³-hybridized carbons (Fsp3) is 0.625. The van der Waals surface area contributed by atoms with Crippen LogP contribution in [0.2, 0.25) is 5.02 Å². The maximum absolute atomic E-state index is 6.26. The maximum Gasteiger partial charge on any atom is 0.125 e. The smallest absolute Gasteiger partial charge is 0.125 e. The predicted octanol–water partition coefficient (Wildman–Crippen LogP) is 3.60. The molecule has 0 amide bonds. The standard InChI is InChI=1S/C16H22ClNO/c1-11(2)16(5-3-6-18-16)10-13-9-14(17)8-12-4-7-19-15(12)13/h8-9,11,18H,3-7,10H2,1-2H3. The molecular formula is C16H22ClNO. The lowest BCUT2D eigenvalue weighted by Crippen LogP contribution is -2.46. The number of hydrogen-bond donors (Lipinski definition) is 1. The van der Waals surface area contributed by atoms with Gasteiger partial charge in [0.2, 0.25) is 0 Å². The highest BCUT2D eigenvalue weighted by Crippen LogP contribution is 2.38. The average Bonchev–Trinajstić information content (AvgIpc) is 2.97. The van der Waals surface area contributed by atoms with E-state index >= 15 is 0 Å². The van der Waals surface area contributed by atoms with Gasteiger partial charge in [-0.15, -0.1) is 0 Å². The Bertz CT molecular complexity index is 478. The van der Waals surface area contributed by atoms with Crippen LogP contribution in [-0.2, 0) is 12.8 Å². The van der Waals surface area contributed by atoms with Gasteiger partial charge < -0.3 is 10.1 Å². The Kier molecular flexibility index (Phi) is 3.48. The van der Waals surface area contributed by atoms with Gasteiger partial charge in [-0.25, -0.2) is 0 Å². The number of hydrogen-bond acceptors (Lipinski definition) is 2. The fourth-order valence-corrected chi connectivity index (χ4v) is 3.76. The van der Waals surface area contributed by atoms with Gasteiger partial charge in [0.15, 0.2) is 0 Å². The third-order valence-corrected chi connectivity index (χ3v) is 4.93. The van der Waals surface area contributed by atoms with E-state index in [2.05, 4.69) is 31.3 Å². The van der Waals surface area contributed by atoms with Crippen LogP contribution in [-0.4, -0.2) is 18.7 Å². The van der Waals surface area contributed by atoms with Gasteiger partial charge in [-0.2, -0.15) is 0 Å². The van der Waals surface area contributed by atoms with Crippen molar-refractivity contribution in [3.63, 3.8) is 0 Å². The number of fused-ring (bicyclic) bond motifs is 1. The average molecular weight is 280 g/mol. The van der Waals surface area contributed by atoms with E-state index in [0.29, 0.717) is 5.92 Å². The molecule has 0 aliphatic carbocycles. The molecule has 1 N–H and O–H groups in total. The highest BCUT2D eigenvalue weighted by Gasteiger charge is 2.37. The summed E-state index contributed by atoms with van der Waals surface area (Å²) in [6.07, 6.45) is 4.52. The zero-order valence-electron chi connectivity index (χ0n) is 11.8. The molecule has 2 nitrogen and oxygen atoms in total. The van der Waals surface area contributed by atoms with Crippen LogP contribution in [0.25, 0.3) is 0 Å². The largest absolute Gasteiger partial charge is 0.493 e. The first-order chi connectivity index (χ1) is 9.11. The van der Waals surface area contributed by atoms with Crippen LogP contribution in [0.5, 0.6) is 5.75 Å². The van der Waals surface area contributed by atoms with Gasteiger partial charge in [-0.3, -0.25) is 0 Å². The SMILES string of the molecule is CC(C)C1(Cc2cc(Cl)cc3c2OCC3)CCCN1. The number of halogens is 1. The van der Waals surface area contributed by atoms with Crippen molar-refractivity contribution in [2.24, 2.45) is 5.92 Å². The lowest BCUT2D eigenvalue weighted by Gasteiger charge is -2.34. The first kappa shape index (κ1) is 13.3. The van der Waals surface area contributed by atoms with Crippen LogP contribution in [0.3, 0.4) is 0 Å². The second kappa shape index (κ2) is 4.99. The summed E-state index contributed by atoms with van der Waals surface area (Å²) in [7, 11) is 0.